The lowest BCUT2D eigenvalue weighted by atomic mass is 9.84. The fourth-order valence-corrected chi connectivity index (χ4v) is 4.56. The van der Waals surface area contributed by atoms with Gasteiger partial charge in [0.25, 0.3) is 0 Å². The number of hydrogen-bond acceptors (Lipinski definition) is 2. The molecule has 1 aliphatic carbocycles. The highest BCUT2D eigenvalue weighted by Gasteiger charge is 2.44. The zero-order valence-corrected chi connectivity index (χ0v) is 12.6. The van der Waals surface area contributed by atoms with Gasteiger partial charge < -0.3 is 4.90 Å². The molecule has 0 bridgehead atoms. The minimum absolute atomic E-state index is 0.648. The lowest BCUT2D eigenvalue weighted by molar-refractivity contribution is 0.156. The Morgan fingerprint density at radius 2 is 1.74 bits per heavy atom. The van der Waals surface area contributed by atoms with Crippen molar-refractivity contribution in [3.63, 3.8) is 0 Å². The van der Waals surface area contributed by atoms with Crippen LogP contribution in [0.2, 0.25) is 0 Å². The third-order valence-corrected chi connectivity index (χ3v) is 5.66. The highest BCUT2D eigenvalue weighted by molar-refractivity contribution is 5.04. The van der Waals surface area contributed by atoms with Gasteiger partial charge in [0.05, 0.1) is 0 Å². The first kappa shape index (κ1) is 13.5. The van der Waals surface area contributed by atoms with E-state index in [0.717, 1.165) is 6.04 Å². The van der Waals surface area contributed by atoms with Crippen molar-refractivity contribution in [2.24, 2.45) is 11.3 Å². The molecule has 0 radical (unpaired) electrons. The summed E-state index contributed by atoms with van der Waals surface area (Å²) in [6.45, 7) is 7.34. The van der Waals surface area contributed by atoms with E-state index in [1.165, 1.54) is 64.7 Å². The second-order valence-electron chi connectivity index (χ2n) is 7.11. The molecule has 1 saturated carbocycles. The quantitative estimate of drug-likeness (QED) is 0.669. The Morgan fingerprint density at radius 3 is 2.37 bits per heavy atom. The van der Waals surface area contributed by atoms with E-state index in [4.69, 9.17) is 0 Å². The molecule has 19 heavy (non-hydrogen) atoms. The molecule has 1 atom stereocenters. The van der Waals surface area contributed by atoms with E-state index in [-0.39, 0.29) is 0 Å². The summed E-state index contributed by atoms with van der Waals surface area (Å²) in [6, 6.07) is 0.861. The maximum Gasteiger partial charge on any atom is 0.0203 e. The fraction of sp³-hybridized carbons (Fsp3) is 0.882. The minimum Gasteiger partial charge on any atom is -0.306 e. The molecule has 3 aliphatic rings. The Kier molecular flexibility index (Phi) is 3.87. The zero-order valence-electron chi connectivity index (χ0n) is 12.6. The van der Waals surface area contributed by atoms with Crippen molar-refractivity contribution in [2.45, 2.75) is 51.5 Å². The molecule has 106 valence electrons. The minimum atomic E-state index is 0.648. The van der Waals surface area contributed by atoms with Gasteiger partial charge in [-0.15, -0.1) is 11.8 Å². The second-order valence-corrected chi connectivity index (χ2v) is 7.11. The smallest absolute Gasteiger partial charge is 0.0203 e. The highest BCUT2D eigenvalue weighted by Crippen LogP contribution is 2.41. The van der Waals surface area contributed by atoms with Crippen LogP contribution in [0, 0.1) is 23.2 Å². The van der Waals surface area contributed by atoms with Crippen LogP contribution in [-0.2, 0) is 0 Å². The van der Waals surface area contributed by atoms with E-state index < -0.39 is 0 Å². The third kappa shape index (κ3) is 2.83. The average molecular weight is 260 g/mol. The van der Waals surface area contributed by atoms with Gasteiger partial charge >= 0.3 is 0 Å². The van der Waals surface area contributed by atoms with E-state index in [2.05, 4.69) is 28.7 Å². The Balaban J connectivity index is 1.53. The van der Waals surface area contributed by atoms with E-state index in [9.17, 15) is 0 Å². The van der Waals surface area contributed by atoms with Gasteiger partial charge in [0.2, 0.25) is 0 Å². The molecule has 2 heterocycles. The Bertz CT molecular complexity index is 372. The second kappa shape index (κ2) is 5.46. The first-order valence-electron chi connectivity index (χ1n) is 8.06. The Morgan fingerprint density at radius 1 is 1.00 bits per heavy atom. The number of nitrogens with zero attached hydrogens (tertiary/aromatic N) is 2. The molecule has 2 saturated heterocycles. The molecule has 3 fully saturated rings. The lowest BCUT2D eigenvalue weighted by Crippen LogP contribution is -2.38. The van der Waals surface area contributed by atoms with Crippen LogP contribution in [0.1, 0.15) is 45.4 Å². The van der Waals surface area contributed by atoms with Gasteiger partial charge in [0.1, 0.15) is 0 Å². The maximum absolute atomic E-state index is 3.37. The van der Waals surface area contributed by atoms with Crippen LogP contribution in [0.5, 0.6) is 0 Å². The number of rotatable bonds is 1. The Labute approximate surface area is 118 Å². The summed E-state index contributed by atoms with van der Waals surface area (Å²) in [5.41, 5.74) is 0.648. The monoisotopic (exact) mass is 260 g/mol. The van der Waals surface area contributed by atoms with Gasteiger partial charge in [-0.3, -0.25) is 4.90 Å². The van der Waals surface area contributed by atoms with Crippen LogP contribution in [0.15, 0.2) is 0 Å². The van der Waals surface area contributed by atoms with Crippen molar-refractivity contribution in [1.82, 2.24) is 9.80 Å². The van der Waals surface area contributed by atoms with Gasteiger partial charge in [-0.1, -0.05) is 0 Å². The van der Waals surface area contributed by atoms with Crippen molar-refractivity contribution in [1.29, 1.82) is 0 Å². The van der Waals surface area contributed by atoms with Gasteiger partial charge in [0.15, 0.2) is 0 Å². The molecule has 0 aromatic heterocycles. The van der Waals surface area contributed by atoms with Gasteiger partial charge in [-0.05, 0) is 71.0 Å². The van der Waals surface area contributed by atoms with Crippen LogP contribution >= 0.6 is 0 Å². The summed E-state index contributed by atoms with van der Waals surface area (Å²) in [5, 5.41) is 0. The first-order valence-corrected chi connectivity index (χ1v) is 8.06. The van der Waals surface area contributed by atoms with Gasteiger partial charge in [0, 0.05) is 25.0 Å². The van der Waals surface area contributed by atoms with Crippen LogP contribution < -0.4 is 0 Å². The van der Waals surface area contributed by atoms with E-state index in [0.29, 0.717) is 11.3 Å². The first-order chi connectivity index (χ1) is 9.21. The van der Waals surface area contributed by atoms with Gasteiger partial charge in [-0.2, -0.15) is 0 Å². The largest absolute Gasteiger partial charge is 0.306 e. The van der Waals surface area contributed by atoms with Gasteiger partial charge in [-0.25, -0.2) is 0 Å². The summed E-state index contributed by atoms with van der Waals surface area (Å²) >= 11 is 0. The molecule has 0 aromatic rings. The summed E-state index contributed by atoms with van der Waals surface area (Å²) in [6.07, 6.45) is 8.28. The number of hydrogen-bond donors (Lipinski definition) is 0. The topological polar surface area (TPSA) is 6.48 Å². The summed E-state index contributed by atoms with van der Waals surface area (Å²) in [7, 11) is 2.28. The zero-order chi connectivity index (χ0) is 13.3. The predicted octanol–water partition coefficient (Wildman–Crippen LogP) is 2.60. The molecule has 0 aromatic carbocycles. The van der Waals surface area contributed by atoms with Crippen molar-refractivity contribution in [3.8, 4) is 11.8 Å². The molecule has 1 spiro atoms. The van der Waals surface area contributed by atoms with Crippen LogP contribution in [0.3, 0.4) is 0 Å². The lowest BCUT2D eigenvalue weighted by Gasteiger charge is -2.34. The molecule has 0 amide bonds. The van der Waals surface area contributed by atoms with E-state index in [1.807, 2.05) is 6.92 Å². The molecule has 2 nitrogen and oxygen atoms in total. The van der Waals surface area contributed by atoms with Crippen LogP contribution in [0.4, 0.5) is 0 Å². The van der Waals surface area contributed by atoms with E-state index in [1.54, 1.807) is 0 Å². The van der Waals surface area contributed by atoms with Crippen LogP contribution in [0.25, 0.3) is 0 Å². The van der Waals surface area contributed by atoms with Crippen molar-refractivity contribution in [3.05, 3.63) is 0 Å². The standard InChI is InChI=1S/C17H28N2/c1-3-4-15-5-7-16(8-6-15)19-12-10-17(14-19)9-11-18(2)13-17/h15-16H,5-14H2,1-2H3. The third-order valence-electron chi connectivity index (χ3n) is 5.66. The molecular weight excluding hydrogens is 232 g/mol. The fourth-order valence-electron chi connectivity index (χ4n) is 4.56. The molecule has 2 heteroatoms. The Hall–Kier alpha value is -0.520. The molecule has 2 aliphatic heterocycles. The summed E-state index contributed by atoms with van der Waals surface area (Å²) in [5.74, 6) is 7.16. The van der Waals surface area contributed by atoms with Crippen molar-refractivity contribution >= 4 is 0 Å². The molecule has 1 unspecified atom stereocenters. The molecular formula is C17H28N2. The maximum atomic E-state index is 3.37. The highest BCUT2D eigenvalue weighted by atomic mass is 15.2. The summed E-state index contributed by atoms with van der Waals surface area (Å²) in [4.78, 5) is 5.34. The predicted molar refractivity (Wildman–Crippen MR) is 79.9 cm³/mol. The molecule has 3 rings (SSSR count). The number of likely N-dealkylation sites (tertiary alicyclic amines) is 2. The normalized spacial score (nSPS) is 40.5. The summed E-state index contributed by atoms with van der Waals surface area (Å²) < 4.78 is 0. The SMILES string of the molecule is CC#CC1CCC(N2CCC3(CCN(C)C3)C2)CC1. The average Bonchev–Trinajstić information content (AvgIpc) is 2.98. The van der Waals surface area contributed by atoms with Crippen molar-refractivity contribution < 1.29 is 0 Å². The molecule has 0 N–H and O–H groups in total. The van der Waals surface area contributed by atoms with Crippen molar-refractivity contribution in [2.75, 3.05) is 33.2 Å². The van der Waals surface area contributed by atoms with Crippen LogP contribution in [-0.4, -0.2) is 49.1 Å². The van der Waals surface area contributed by atoms with E-state index >= 15 is 0 Å².